The lowest BCUT2D eigenvalue weighted by atomic mass is 10.1. The second-order valence-electron chi connectivity index (χ2n) is 5.65. The molecule has 26 heavy (non-hydrogen) atoms. The third kappa shape index (κ3) is 8.23. The van der Waals surface area contributed by atoms with Crippen molar-refractivity contribution in [3.05, 3.63) is 23.8 Å². The lowest BCUT2D eigenvalue weighted by Gasteiger charge is -2.15. The summed E-state index contributed by atoms with van der Waals surface area (Å²) in [6.07, 6.45) is 2.57. The Kier molecular flexibility index (Phi) is 11.0. The van der Waals surface area contributed by atoms with Gasteiger partial charge in [-0.15, -0.1) is 0 Å². The van der Waals surface area contributed by atoms with Gasteiger partial charge in [0.25, 0.3) is 0 Å². The van der Waals surface area contributed by atoms with Gasteiger partial charge < -0.3 is 14.6 Å². The number of aromatic hydroxyl groups is 1. The Labute approximate surface area is 163 Å². The van der Waals surface area contributed by atoms with Crippen LogP contribution in [-0.4, -0.2) is 36.2 Å². The van der Waals surface area contributed by atoms with Gasteiger partial charge in [0.1, 0.15) is 6.04 Å². The predicted molar refractivity (Wildman–Crippen MR) is 99.2 cm³/mol. The van der Waals surface area contributed by atoms with E-state index in [1.807, 2.05) is 6.92 Å². The molecule has 3 N–H and O–H groups in total. The number of phenolic OH excluding ortho intramolecular Hbond substituents is 1. The molecule has 146 valence electrons. The van der Waals surface area contributed by atoms with Crippen LogP contribution in [0.15, 0.2) is 18.2 Å². The van der Waals surface area contributed by atoms with Gasteiger partial charge in [0.05, 0.1) is 6.61 Å². The molecule has 0 fully saturated rings. The maximum absolute atomic E-state index is 12.0. The number of carbonyl (C=O) groups is 2. The Morgan fingerprint density at radius 3 is 2.69 bits per heavy atom. The number of unbranched alkanes of at least 4 members (excludes halogenated alkanes) is 1. The van der Waals surface area contributed by atoms with Crippen LogP contribution < -0.4 is 14.4 Å². The number of halogens is 2. The number of rotatable bonds is 12. The van der Waals surface area contributed by atoms with Crippen molar-refractivity contribution in [2.45, 2.75) is 45.1 Å². The van der Waals surface area contributed by atoms with Crippen molar-refractivity contribution < 1.29 is 24.2 Å². The van der Waals surface area contributed by atoms with Gasteiger partial charge in [-0.3, -0.25) is 9.59 Å². The third-order valence-electron chi connectivity index (χ3n) is 3.50. The minimum atomic E-state index is -0.753. The first-order valence-corrected chi connectivity index (χ1v) is 9.16. The van der Waals surface area contributed by atoms with Gasteiger partial charge >= 0.3 is 11.9 Å². The molecule has 1 atom stereocenters. The van der Waals surface area contributed by atoms with Crippen molar-refractivity contribution in [1.29, 1.82) is 0 Å². The summed E-state index contributed by atoms with van der Waals surface area (Å²) in [4.78, 5) is 28.6. The van der Waals surface area contributed by atoms with Crippen LogP contribution in [0.25, 0.3) is 0 Å². The molecule has 1 rings (SSSR count). The van der Waals surface area contributed by atoms with Crippen LogP contribution in [0.5, 0.6) is 11.5 Å². The van der Waals surface area contributed by atoms with Gasteiger partial charge in [0.15, 0.2) is 11.5 Å². The van der Waals surface area contributed by atoms with Gasteiger partial charge in [0.2, 0.25) is 0 Å². The Balaban J connectivity index is 2.69. The standard InChI is InChI=1S/C17H24Cl2N2O5/c1-2-3-9-25-17(24)13(21-19)10-12-6-7-14(22)15(11-12)26-16(23)5-4-8-20-18/h6-7,11,13,20-22H,2-5,8-10H2,1H3/t13-/m0/s1. The number of hydrogen-bond donors (Lipinski definition) is 3. The predicted octanol–water partition coefficient (Wildman–Crippen LogP) is 2.82. The lowest BCUT2D eigenvalue weighted by Crippen LogP contribution is -2.34. The smallest absolute Gasteiger partial charge is 0.324 e. The van der Waals surface area contributed by atoms with E-state index in [4.69, 9.17) is 33.0 Å². The number of phenols is 1. The van der Waals surface area contributed by atoms with Crippen LogP contribution in [0, 0.1) is 0 Å². The molecule has 9 heteroatoms. The number of benzene rings is 1. The molecule has 1 aromatic rings. The summed E-state index contributed by atoms with van der Waals surface area (Å²) in [7, 11) is 0. The Bertz CT molecular complexity index is 586. The first-order chi connectivity index (χ1) is 12.5. The Morgan fingerprint density at radius 2 is 2.04 bits per heavy atom. The third-order valence-corrected chi connectivity index (χ3v) is 3.95. The highest BCUT2D eigenvalue weighted by molar-refractivity contribution is 6.14. The maximum Gasteiger partial charge on any atom is 0.324 e. The van der Waals surface area contributed by atoms with Crippen LogP contribution in [0.2, 0.25) is 0 Å². The molecule has 0 saturated heterocycles. The second-order valence-corrected chi connectivity index (χ2v) is 6.14. The first kappa shape index (κ1) is 22.5. The van der Waals surface area contributed by atoms with E-state index >= 15 is 0 Å². The Hall–Kier alpha value is -1.54. The van der Waals surface area contributed by atoms with Crippen molar-refractivity contribution >= 4 is 35.5 Å². The molecule has 0 bridgehead atoms. The molecule has 0 aliphatic rings. The summed E-state index contributed by atoms with van der Waals surface area (Å²) in [6, 6.07) is 3.75. The molecule has 7 nitrogen and oxygen atoms in total. The molecule has 0 aromatic heterocycles. The highest BCUT2D eigenvalue weighted by atomic mass is 35.5. The zero-order valence-electron chi connectivity index (χ0n) is 14.6. The highest BCUT2D eigenvalue weighted by Gasteiger charge is 2.20. The minimum Gasteiger partial charge on any atom is -0.504 e. The molecule has 0 heterocycles. The van der Waals surface area contributed by atoms with Gasteiger partial charge in [-0.05, 0) is 60.5 Å². The Morgan fingerprint density at radius 1 is 1.27 bits per heavy atom. The molecule has 0 unspecified atom stereocenters. The zero-order chi connectivity index (χ0) is 19.4. The molecule has 0 aliphatic carbocycles. The number of esters is 2. The van der Waals surface area contributed by atoms with Crippen molar-refractivity contribution in [2.75, 3.05) is 13.2 Å². The monoisotopic (exact) mass is 406 g/mol. The summed E-state index contributed by atoms with van der Waals surface area (Å²) >= 11 is 11.0. The summed E-state index contributed by atoms with van der Waals surface area (Å²) in [5.41, 5.74) is 0.651. The molecule has 0 aliphatic heterocycles. The average molecular weight is 407 g/mol. The first-order valence-electron chi connectivity index (χ1n) is 8.40. The van der Waals surface area contributed by atoms with Gasteiger partial charge in [-0.25, -0.2) is 9.67 Å². The van der Waals surface area contributed by atoms with E-state index in [1.54, 1.807) is 6.07 Å². The van der Waals surface area contributed by atoms with E-state index in [0.29, 0.717) is 25.1 Å². The van der Waals surface area contributed by atoms with Gasteiger partial charge in [-0.1, -0.05) is 19.4 Å². The van der Waals surface area contributed by atoms with E-state index in [-0.39, 0.29) is 24.3 Å². The van der Waals surface area contributed by atoms with E-state index in [0.717, 1.165) is 12.8 Å². The summed E-state index contributed by atoms with van der Waals surface area (Å²) in [5.74, 6) is -1.10. The quantitative estimate of drug-likeness (QED) is 0.212. The van der Waals surface area contributed by atoms with Crippen molar-refractivity contribution in [1.82, 2.24) is 9.67 Å². The summed E-state index contributed by atoms with van der Waals surface area (Å²) in [5, 5.41) is 9.86. The minimum absolute atomic E-state index is 0.0269. The van der Waals surface area contributed by atoms with E-state index in [9.17, 15) is 14.7 Å². The largest absolute Gasteiger partial charge is 0.504 e. The number of nitrogens with one attached hydrogen (secondary N) is 2. The van der Waals surface area contributed by atoms with Crippen LogP contribution in [-0.2, 0) is 20.7 Å². The zero-order valence-corrected chi connectivity index (χ0v) is 16.1. The average Bonchev–Trinajstić information content (AvgIpc) is 2.62. The molecular formula is C17H24Cl2N2O5. The van der Waals surface area contributed by atoms with Crippen molar-refractivity contribution in [3.63, 3.8) is 0 Å². The van der Waals surface area contributed by atoms with Crippen LogP contribution in [0.1, 0.15) is 38.2 Å². The number of ether oxygens (including phenoxy) is 2. The topological polar surface area (TPSA) is 96.9 Å². The number of hydrogen-bond acceptors (Lipinski definition) is 7. The number of carbonyl (C=O) groups excluding carboxylic acids is 2. The summed E-state index contributed by atoms with van der Waals surface area (Å²) in [6.45, 7) is 2.79. The molecule has 0 saturated carbocycles. The fraction of sp³-hybridized carbons (Fsp3) is 0.529. The molecule has 0 amide bonds. The second kappa shape index (κ2) is 12.8. The van der Waals surface area contributed by atoms with Crippen LogP contribution >= 0.6 is 23.6 Å². The normalized spacial score (nSPS) is 11.8. The molecular weight excluding hydrogens is 383 g/mol. The van der Waals surface area contributed by atoms with E-state index in [1.165, 1.54) is 12.1 Å². The summed E-state index contributed by atoms with van der Waals surface area (Å²) < 4.78 is 10.3. The van der Waals surface area contributed by atoms with Gasteiger partial charge in [-0.2, -0.15) is 0 Å². The molecule has 0 radical (unpaired) electrons. The molecule has 1 aromatic carbocycles. The van der Waals surface area contributed by atoms with E-state index in [2.05, 4.69) is 9.67 Å². The van der Waals surface area contributed by atoms with Crippen molar-refractivity contribution in [2.24, 2.45) is 0 Å². The molecule has 0 spiro atoms. The fourth-order valence-corrected chi connectivity index (χ4v) is 2.36. The fourth-order valence-electron chi connectivity index (χ4n) is 2.06. The van der Waals surface area contributed by atoms with Crippen molar-refractivity contribution in [3.8, 4) is 11.5 Å². The SMILES string of the molecule is CCCCOC(=O)[C@H](Cc1ccc(O)c(OC(=O)CCCNCl)c1)NCl. The maximum atomic E-state index is 12.0. The van der Waals surface area contributed by atoms with Crippen LogP contribution in [0.3, 0.4) is 0 Å². The van der Waals surface area contributed by atoms with Crippen LogP contribution in [0.4, 0.5) is 0 Å². The van der Waals surface area contributed by atoms with E-state index < -0.39 is 18.0 Å². The highest BCUT2D eigenvalue weighted by Crippen LogP contribution is 2.28. The lowest BCUT2D eigenvalue weighted by molar-refractivity contribution is -0.145. The van der Waals surface area contributed by atoms with Gasteiger partial charge in [0, 0.05) is 13.0 Å².